The average molecular weight is 235 g/mol. The maximum Gasteiger partial charge on any atom is 0.0539 e. The molecule has 0 saturated heterocycles. The fraction of sp³-hybridized carbons (Fsp3) is 0.417. The highest BCUT2D eigenvalue weighted by atomic mass is 32.1. The van der Waals surface area contributed by atoms with E-state index in [9.17, 15) is 0 Å². The Morgan fingerprint density at radius 2 is 2.31 bits per heavy atom. The normalized spacial score (nSPS) is 10.6. The van der Waals surface area contributed by atoms with Gasteiger partial charge in [0.2, 0.25) is 0 Å². The summed E-state index contributed by atoms with van der Waals surface area (Å²) in [4.78, 5) is 0. The van der Waals surface area contributed by atoms with Gasteiger partial charge in [-0.1, -0.05) is 6.92 Å². The summed E-state index contributed by atoms with van der Waals surface area (Å²) in [5.74, 6) is 0. The Balaban J connectivity index is 1.92. The lowest BCUT2D eigenvalue weighted by Crippen LogP contribution is -1.99. The molecule has 2 rings (SSSR count). The van der Waals surface area contributed by atoms with Gasteiger partial charge in [0.1, 0.15) is 0 Å². The van der Waals surface area contributed by atoms with Crippen molar-refractivity contribution in [2.24, 2.45) is 0 Å². The van der Waals surface area contributed by atoms with E-state index >= 15 is 0 Å². The quantitative estimate of drug-likeness (QED) is 0.862. The first-order valence-electron chi connectivity index (χ1n) is 5.57. The minimum Gasteiger partial charge on any atom is -0.380 e. The molecule has 0 atom stereocenters. The van der Waals surface area contributed by atoms with Gasteiger partial charge in [-0.15, -0.1) is 11.3 Å². The van der Waals surface area contributed by atoms with Crippen LogP contribution >= 0.6 is 11.3 Å². The van der Waals surface area contributed by atoms with Gasteiger partial charge in [-0.25, -0.2) is 0 Å². The molecule has 86 valence electrons. The summed E-state index contributed by atoms with van der Waals surface area (Å²) in [5.41, 5.74) is 3.78. The van der Waals surface area contributed by atoms with Crippen molar-refractivity contribution < 1.29 is 0 Å². The van der Waals surface area contributed by atoms with Gasteiger partial charge in [-0.3, -0.25) is 4.68 Å². The third-order valence-corrected chi connectivity index (χ3v) is 3.34. The van der Waals surface area contributed by atoms with Crippen LogP contribution < -0.4 is 5.32 Å². The number of nitrogens with zero attached hydrogens (tertiary/aromatic N) is 2. The van der Waals surface area contributed by atoms with Crippen molar-refractivity contribution in [1.29, 1.82) is 0 Å². The molecule has 0 amide bonds. The highest BCUT2D eigenvalue weighted by Gasteiger charge is 2.00. The van der Waals surface area contributed by atoms with Crippen molar-refractivity contribution in [2.45, 2.75) is 33.4 Å². The minimum atomic E-state index is 0.848. The molecule has 0 fully saturated rings. The number of aromatic nitrogens is 2. The van der Waals surface area contributed by atoms with Gasteiger partial charge in [0, 0.05) is 35.9 Å². The zero-order valence-corrected chi connectivity index (χ0v) is 10.5. The molecular weight excluding hydrogens is 218 g/mol. The summed E-state index contributed by atoms with van der Waals surface area (Å²) in [6.45, 7) is 6.13. The molecule has 0 aliphatic rings. The van der Waals surface area contributed by atoms with Gasteiger partial charge in [0.15, 0.2) is 0 Å². The molecule has 2 heterocycles. The Morgan fingerprint density at radius 1 is 1.44 bits per heavy atom. The highest BCUT2D eigenvalue weighted by Crippen LogP contribution is 2.19. The average Bonchev–Trinajstić information content (AvgIpc) is 2.86. The molecule has 0 aliphatic heterocycles. The molecule has 2 aromatic rings. The van der Waals surface area contributed by atoms with Gasteiger partial charge in [0.05, 0.1) is 6.20 Å². The van der Waals surface area contributed by atoms with E-state index < -0.39 is 0 Å². The number of rotatable bonds is 5. The molecule has 1 N–H and O–H groups in total. The predicted octanol–water partition coefficient (Wildman–Crippen LogP) is 3.28. The monoisotopic (exact) mass is 235 g/mol. The SMILES string of the molecule is CCCn1cc(CNc2cscc2C)cn1. The molecule has 0 saturated carbocycles. The van der Waals surface area contributed by atoms with Crippen molar-refractivity contribution in [3.05, 3.63) is 34.3 Å². The fourth-order valence-electron chi connectivity index (χ4n) is 1.59. The Hall–Kier alpha value is -1.29. The summed E-state index contributed by atoms with van der Waals surface area (Å²) < 4.78 is 2.00. The van der Waals surface area contributed by atoms with Crippen LogP contribution in [0.1, 0.15) is 24.5 Å². The van der Waals surface area contributed by atoms with Crippen LogP contribution in [0.3, 0.4) is 0 Å². The van der Waals surface area contributed by atoms with Crippen molar-refractivity contribution >= 4 is 17.0 Å². The van der Waals surface area contributed by atoms with Crippen LogP contribution in [0.25, 0.3) is 0 Å². The Kier molecular flexibility index (Phi) is 3.62. The Labute approximate surface area is 100 Å². The van der Waals surface area contributed by atoms with Gasteiger partial charge in [-0.2, -0.15) is 5.10 Å². The van der Waals surface area contributed by atoms with E-state index in [1.165, 1.54) is 16.8 Å². The van der Waals surface area contributed by atoms with Crippen molar-refractivity contribution in [1.82, 2.24) is 9.78 Å². The molecule has 0 radical (unpaired) electrons. The first-order chi connectivity index (χ1) is 7.79. The summed E-state index contributed by atoms with van der Waals surface area (Å²) in [6.07, 6.45) is 5.17. The maximum absolute atomic E-state index is 4.31. The number of hydrogen-bond acceptors (Lipinski definition) is 3. The zero-order valence-electron chi connectivity index (χ0n) is 9.73. The number of thiophene rings is 1. The molecular formula is C12H17N3S. The standard InChI is InChI=1S/C12H17N3S/c1-3-4-15-7-11(6-14-15)5-13-12-9-16-8-10(12)2/h6-9,13H,3-5H2,1-2H3. The number of anilines is 1. The lowest BCUT2D eigenvalue weighted by atomic mass is 10.3. The van der Waals surface area contributed by atoms with Crippen molar-refractivity contribution in [3.8, 4) is 0 Å². The number of aryl methyl sites for hydroxylation is 2. The fourth-order valence-corrected chi connectivity index (χ4v) is 2.39. The van der Waals surface area contributed by atoms with Crippen LogP contribution in [0, 0.1) is 6.92 Å². The van der Waals surface area contributed by atoms with Gasteiger partial charge >= 0.3 is 0 Å². The van der Waals surface area contributed by atoms with E-state index in [0.717, 1.165) is 19.5 Å². The summed E-state index contributed by atoms with van der Waals surface area (Å²) >= 11 is 1.73. The van der Waals surface area contributed by atoms with Crippen LogP contribution in [0.2, 0.25) is 0 Å². The largest absolute Gasteiger partial charge is 0.380 e. The van der Waals surface area contributed by atoms with E-state index in [4.69, 9.17) is 0 Å². The van der Waals surface area contributed by atoms with Crippen LogP contribution in [0.4, 0.5) is 5.69 Å². The third kappa shape index (κ3) is 2.64. The lowest BCUT2D eigenvalue weighted by molar-refractivity contribution is 0.602. The van der Waals surface area contributed by atoms with E-state index in [-0.39, 0.29) is 0 Å². The third-order valence-electron chi connectivity index (χ3n) is 2.48. The molecule has 0 spiro atoms. The van der Waals surface area contributed by atoms with Crippen LogP contribution in [-0.2, 0) is 13.1 Å². The van der Waals surface area contributed by atoms with Crippen LogP contribution in [0.5, 0.6) is 0 Å². The second kappa shape index (κ2) is 5.16. The lowest BCUT2D eigenvalue weighted by Gasteiger charge is -2.02. The molecule has 16 heavy (non-hydrogen) atoms. The first kappa shape index (κ1) is 11.2. The molecule has 4 heteroatoms. The van der Waals surface area contributed by atoms with Gasteiger partial charge in [-0.05, 0) is 24.3 Å². The molecule has 0 aromatic carbocycles. The molecule has 0 unspecified atom stereocenters. The summed E-state index contributed by atoms with van der Waals surface area (Å²) in [7, 11) is 0. The smallest absolute Gasteiger partial charge is 0.0539 e. The van der Waals surface area contributed by atoms with E-state index in [1.807, 2.05) is 10.9 Å². The second-order valence-corrected chi connectivity index (χ2v) is 4.68. The second-order valence-electron chi connectivity index (χ2n) is 3.93. The van der Waals surface area contributed by atoms with Gasteiger partial charge in [0.25, 0.3) is 0 Å². The van der Waals surface area contributed by atoms with E-state index in [2.05, 4.69) is 41.2 Å². The Bertz CT molecular complexity index is 445. The summed E-state index contributed by atoms with van der Waals surface area (Å²) in [5, 5.41) is 12.0. The number of hydrogen-bond donors (Lipinski definition) is 1. The van der Waals surface area contributed by atoms with E-state index in [0.29, 0.717) is 0 Å². The zero-order chi connectivity index (χ0) is 11.4. The molecule has 3 nitrogen and oxygen atoms in total. The molecule has 0 bridgehead atoms. The highest BCUT2D eigenvalue weighted by molar-refractivity contribution is 7.08. The predicted molar refractivity (Wildman–Crippen MR) is 68.9 cm³/mol. The van der Waals surface area contributed by atoms with Crippen molar-refractivity contribution in [2.75, 3.05) is 5.32 Å². The number of nitrogens with one attached hydrogen (secondary N) is 1. The molecule has 2 aromatic heterocycles. The first-order valence-corrected chi connectivity index (χ1v) is 6.52. The van der Waals surface area contributed by atoms with E-state index in [1.54, 1.807) is 11.3 Å². The van der Waals surface area contributed by atoms with Crippen molar-refractivity contribution in [3.63, 3.8) is 0 Å². The Morgan fingerprint density at radius 3 is 3.00 bits per heavy atom. The van der Waals surface area contributed by atoms with Gasteiger partial charge < -0.3 is 5.32 Å². The minimum absolute atomic E-state index is 0.848. The maximum atomic E-state index is 4.31. The van der Waals surface area contributed by atoms with Crippen LogP contribution in [0.15, 0.2) is 23.2 Å². The summed E-state index contributed by atoms with van der Waals surface area (Å²) in [6, 6.07) is 0. The van der Waals surface area contributed by atoms with Crippen LogP contribution in [-0.4, -0.2) is 9.78 Å². The molecule has 0 aliphatic carbocycles. The topological polar surface area (TPSA) is 29.9 Å².